The molecular weight excluding hydrogens is 328 g/mol. The highest BCUT2D eigenvalue weighted by molar-refractivity contribution is 5.91. The number of hydrogen-bond donors (Lipinski definition) is 1. The van der Waals surface area contributed by atoms with Crippen molar-refractivity contribution in [3.63, 3.8) is 0 Å². The van der Waals surface area contributed by atoms with Crippen molar-refractivity contribution >= 4 is 22.6 Å². The van der Waals surface area contributed by atoms with E-state index in [2.05, 4.69) is 9.97 Å². The molecule has 1 N–H and O–H groups in total. The highest BCUT2D eigenvalue weighted by Crippen LogP contribution is 2.20. The molecule has 0 unspecified atom stereocenters. The third-order valence-corrected chi connectivity index (χ3v) is 4.14. The molecule has 0 aliphatic carbocycles. The lowest BCUT2D eigenvalue weighted by atomic mass is 10.1. The molecule has 1 aromatic carbocycles. The van der Waals surface area contributed by atoms with Crippen LogP contribution in [0.4, 0.5) is 0 Å². The number of rotatable bonds is 3. The monoisotopic (exact) mass is 344 g/mol. The van der Waals surface area contributed by atoms with Gasteiger partial charge >= 0.3 is 5.97 Å². The van der Waals surface area contributed by atoms with Crippen molar-refractivity contribution in [2.24, 2.45) is 0 Å². The number of nitrogens with one attached hydrogen (secondary N) is 1. The van der Waals surface area contributed by atoms with Gasteiger partial charge in [0.2, 0.25) is 0 Å². The number of nitrogens with zero attached hydrogens (tertiary/aromatic N) is 3. The van der Waals surface area contributed by atoms with Gasteiger partial charge in [0.05, 0.1) is 17.6 Å². The van der Waals surface area contributed by atoms with Crippen LogP contribution in [0.1, 0.15) is 17.3 Å². The number of aromatic nitrogens is 3. The van der Waals surface area contributed by atoms with Gasteiger partial charge in [-0.1, -0.05) is 30.3 Å². The SMILES string of the molecule is CCOC(=O)c1ccn2c(=N)c3cc(-c4ccccc4)cnc3nc2c1. The van der Waals surface area contributed by atoms with Gasteiger partial charge in [0.25, 0.3) is 0 Å². The molecule has 0 radical (unpaired) electrons. The first kappa shape index (κ1) is 16.0. The van der Waals surface area contributed by atoms with Crippen molar-refractivity contribution in [2.75, 3.05) is 6.61 Å². The van der Waals surface area contributed by atoms with Gasteiger partial charge < -0.3 is 4.74 Å². The summed E-state index contributed by atoms with van der Waals surface area (Å²) in [6.07, 6.45) is 3.40. The molecule has 6 nitrogen and oxygen atoms in total. The summed E-state index contributed by atoms with van der Waals surface area (Å²) in [7, 11) is 0. The van der Waals surface area contributed by atoms with E-state index in [0.717, 1.165) is 11.1 Å². The molecule has 128 valence electrons. The average Bonchev–Trinajstić information content (AvgIpc) is 2.68. The molecule has 26 heavy (non-hydrogen) atoms. The first-order valence-corrected chi connectivity index (χ1v) is 8.26. The first-order chi connectivity index (χ1) is 12.7. The van der Waals surface area contributed by atoms with Gasteiger partial charge in [-0.15, -0.1) is 0 Å². The molecule has 0 saturated carbocycles. The molecule has 0 spiro atoms. The number of carbonyl (C=O) groups is 1. The molecule has 0 atom stereocenters. The van der Waals surface area contributed by atoms with Gasteiger partial charge in [0.1, 0.15) is 11.1 Å². The summed E-state index contributed by atoms with van der Waals surface area (Å²) in [4.78, 5) is 20.8. The molecule has 4 aromatic rings. The van der Waals surface area contributed by atoms with Crippen LogP contribution in [0, 0.1) is 5.41 Å². The molecule has 0 aliphatic heterocycles. The lowest BCUT2D eigenvalue weighted by Gasteiger charge is -2.08. The number of carbonyl (C=O) groups excluding carboxylic acids is 1. The Labute approximate surface area is 149 Å². The number of ether oxygens (including phenoxy) is 1. The summed E-state index contributed by atoms with van der Waals surface area (Å²) in [6.45, 7) is 2.07. The molecule has 3 aromatic heterocycles. The second-order valence-corrected chi connectivity index (χ2v) is 5.79. The molecule has 4 rings (SSSR count). The van der Waals surface area contributed by atoms with Gasteiger partial charge in [0.15, 0.2) is 5.65 Å². The molecule has 6 heteroatoms. The van der Waals surface area contributed by atoms with E-state index in [1.807, 2.05) is 36.4 Å². The summed E-state index contributed by atoms with van der Waals surface area (Å²) in [5, 5.41) is 9.16. The van der Waals surface area contributed by atoms with E-state index in [-0.39, 0.29) is 5.49 Å². The second kappa shape index (κ2) is 6.40. The van der Waals surface area contributed by atoms with E-state index >= 15 is 0 Å². The quantitative estimate of drug-likeness (QED) is 0.457. The smallest absolute Gasteiger partial charge is 0.338 e. The van der Waals surface area contributed by atoms with Gasteiger partial charge in [-0.05, 0) is 30.7 Å². The highest BCUT2D eigenvalue weighted by atomic mass is 16.5. The Morgan fingerprint density at radius 3 is 2.73 bits per heavy atom. The van der Waals surface area contributed by atoms with Crippen molar-refractivity contribution < 1.29 is 9.53 Å². The van der Waals surface area contributed by atoms with Crippen molar-refractivity contribution in [1.29, 1.82) is 5.41 Å². The first-order valence-electron chi connectivity index (χ1n) is 8.26. The molecule has 0 amide bonds. The zero-order valence-electron chi connectivity index (χ0n) is 14.1. The molecule has 0 bridgehead atoms. The Morgan fingerprint density at radius 1 is 1.15 bits per heavy atom. The van der Waals surface area contributed by atoms with E-state index in [1.165, 1.54) is 0 Å². The Hall–Kier alpha value is -3.54. The molecule has 0 aliphatic rings. The third kappa shape index (κ3) is 2.71. The fraction of sp³-hybridized carbons (Fsp3) is 0.100. The maximum Gasteiger partial charge on any atom is 0.338 e. The zero-order chi connectivity index (χ0) is 18.1. The Balaban J connectivity index is 1.90. The Kier molecular flexibility index (Phi) is 3.93. The summed E-state index contributed by atoms with van der Waals surface area (Å²) in [6, 6.07) is 15.0. The molecule has 0 saturated heterocycles. The van der Waals surface area contributed by atoms with Crippen LogP contribution in [-0.4, -0.2) is 26.9 Å². The van der Waals surface area contributed by atoms with E-state index in [4.69, 9.17) is 10.1 Å². The lowest BCUT2D eigenvalue weighted by Crippen LogP contribution is -2.17. The van der Waals surface area contributed by atoms with Crippen LogP contribution in [-0.2, 0) is 4.74 Å². The Bertz CT molecular complexity index is 1180. The van der Waals surface area contributed by atoms with E-state index in [9.17, 15) is 4.79 Å². The maximum absolute atomic E-state index is 11.9. The zero-order valence-corrected chi connectivity index (χ0v) is 14.1. The van der Waals surface area contributed by atoms with Crippen molar-refractivity contribution in [2.45, 2.75) is 6.92 Å². The van der Waals surface area contributed by atoms with Crippen LogP contribution >= 0.6 is 0 Å². The van der Waals surface area contributed by atoms with Crippen molar-refractivity contribution in [3.05, 3.63) is 72.0 Å². The highest BCUT2D eigenvalue weighted by Gasteiger charge is 2.11. The van der Waals surface area contributed by atoms with E-state index in [0.29, 0.717) is 28.9 Å². The lowest BCUT2D eigenvalue weighted by molar-refractivity contribution is 0.0526. The average molecular weight is 344 g/mol. The normalized spacial score (nSPS) is 11.0. The van der Waals surface area contributed by atoms with Crippen molar-refractivity contribution in [3.8, 4) is 11.1 Å². The van der Waals surface area contributed by atoms with Crippen LogP contribution < -0.4 is 5.49 Å². The van der Waals surface area contributed by atoms with Crippen LogP contribution in [0.2, 0.25) is 0 Å². The molecule has 3 heterocycles. The number of benzene rings is 1. The minimum absolute atomic E-state index is 0.269. The third-order valence-electron chi connectivity index (χ3n) is 4.14. The number of fused-ring (bicyclic) bond motifs is 2. The summed E-state index contributed by atoms with van der Waals surface area (Å²) in [5.74, 6) is -0.407. The Morgan fingerprint density at radius 2 is 1.96 bits per heavy atom. The molecule has 0 fully saturated rings. The largest absolute Gasteiger partial charge is 0.462 e. The van der Waals surface area contributed by atoms with E-state index < -0.39 is 5.97 Å². The van der Waals surface area contributed by atoms with Crippen LogP contribution in [0.25, 0.3) is 27.8 Å². The maximum atomic E-state index is 11.9. The number of esters is 1. The fourth-order valence-electron chi connectivity index (χ4n) is 2.85. The minimum atomic E-state index is -0.407. The topological polar surface area (TPSA) is 80.3 Å². The van der Waals surface area contributed by atoms with Gasteiger partial charge in [0, 0.05) is 18.0 Å². The van der Waals surface area contributed by atoms with Crippen molar-refractivity contribution in [1.82, 2.24) is 14.4 Å². The predicted octanol–water partition coefficient (Wildman–Crippen LogP) is 3.21. The number of hydrogen-bond acceptors (Lipinski definition) is 5. The predicted molar refractivity (Wildman–Crippen MR) is 97.7 cm³/mol. The van der Waals surface area contributed by atoms with E-state index in [1.54, 1.807) is 35.9 Å². The van der Waals surface area contributed by atoms with Crippen LogP contribution in [0.3, 0.4) is 0 Å². The van der Waals surface area contributed by atoms with Crippen LogP contribution in [0.15, 0.2) is 60.9 Å². The van der Waals surface area contributed by atoms with Gasteiger partial charge in [-0.2, -0.15) is 0 Å². The standard InChI is InChI=1S/C20H16N4O2/c1-2-26-20(25)14-8-9-24-17(11-14)23-19-16(18(24)21)10-15(12-22-19)13-6-4-3-5-7-13/h3-12,21H,2H2,1H3. The van der Waals surface area contributed by atoms with Gasteiger partial charge in [-0.25, -0.2) is 14.8 Å². The van der Waals surface area contributed by atoms with Crippen LogP contribution in [0.5, 0.6) is 0 Å². The summed E-state index contributed by atoms with van der Waals surface area (Å²) >= 11 is 0. The minimum Gasteiger partial charge on any atom is -0.462 e. The molecular formula is C20H16N4O2. The summed E-state index contributed by atoms with van der Waals surface area (Å²) < 4.78 is 6.65. The number of pyridine rings is 2. The second-order valence-electron chi connectivity index (χ2n) is 5.79. The van der Waals surface area contributed by atoms with Gasteiger partial charge in [-0.3, -0.25) is 9.81 Å². The summed E-state index contributed by atoms with van der Waals surface area (Å²) in [5.41, 5.74) is 3.58. The fourth-order valence-corrected chi connectivity index (χ4v) is 2.85.